The number of hydrogen-bond donors (Lipinski definition) is 3. The molecule has 144 valence electrons. The monoisotopic (exact) mass is 391 g/mol. The van der Waals surface area contributed by atoms with Crippen molar-refractivity contribution in [3.8, 4) is 0 Å². The zero-order valence-electron chi connectivity index (χ0n) is 15.0. The smallest absolute Gasteiger partial charge is 0.221 e. The molecular formula is C18H31Cl2N3O2. The molecule has 1 aromatic carbocycles. The van der Waals surface area contributed by atoms with Gasteiger partial charge in [0.05, 0.1) is 0 Å². The van der Waals surface area contributed by atoms with Crippen LogP contribution in [0, 0.1) is 0 Å². The summed E-state index contributed by atoms with van der Waals surface area (Å²) in [5.74, 6) is 0.0139. The highest BCUT2D eigenvalue weighted by molar-refractivity contribution is 5.85. The van der Waals surface area contributed by atoms with Crippen LogP contribution in [0.15, 0.2) is 30.3 Å². The van der Waals surface area contributed by atoms with Crippen molar-refractivity contribution in [2.24, 2.45) is 5.73 Å². The fourth-order valence-electron chi connectivity index (χ4n) is 3.05. The lowest BCUT2D eigenvalue weighted by Crippen LogP contribution is -2.57. The van der Waals surface area contributed by atoms with Crippen molar-refractivity contribution in [1.29, 1.82) is 0 Å². The molecule has 7 heteroatoms. The fourth-order valence-corrected chi connectivity index (χ4v) is 3.05. The SMILES string of the molecule is CC(N)CC(=O)NCC1(NC(C)c2ccccc2)CCOCC1.Cl.Cl. The number of nitrogens with one attached hydrogen (secondary N) is 2. The normalized spacial score (nSPS) is 18.2. The van der Waals surface area contributed by atoms with E-state index in [1.807, 2.05) is 13.0 Å². The molecular weight excluding hydrogens is 361 g/mol. The summed E-state index contributed by atoms with van der Waals surface area (Å²) in [5, 5.41) is 6.78. The number of ether oxygens (including phenoxy) is 1. The highest BCUT2D eigenvalue weighted by Gasteiger charge is 2.34. The first-order valence-corrected chi connectivity index (χ1v) is 8.43. The Labute approximate surface area is 163 Å². The van der Waals surface area contributed by atoms with Crippen molar-refractivity contribution in [1.82, 2.24) is 10.6 Å². The maximum atomic E-state index is 11.9. The van der Waals surface area contributed by atoms with E-state index >= 15 is 0 Å². The summed E-state index contributed by atoms with van der Waals surface area (Å²) in [6.45, 7) is 6.06. The minimum absolute atomic E-state index is 0. The third kappa shape index (κ3) is 7.92. The van der Waals surface area contributed by atoms with Gasteiger partial charge in [-0.25, -0.2) is 0 Å². The average molecular weight is 392 g/mol. The standard InChI is InChI=1S/C18H29N3O2.2ClH/c1-14(19)12-17(22)20-13-18(8-10-23-11-9-18)21-15(2)16-6-4-3-5-7-16;;/h3-7,14-15,21H,8-13,19H2,1-2H3,(H,20,22);2*1H. The van der Waals surface area contributed by atoms with Gasteiger partial charge in [-0.05, 0) is 32.3 Å². The highest BCUT2D eigenvalue weighted by Crippen LogP contribution is 2.25. The molecule has 1 amide bonds. The summed E-state index contributed by atoms with van der Waals surface area (Å²) >= 11 is 0. The number of hydrogen-bond acceptors (Lipinski definition) is 4. The quantitative estimate of drug-likeness (QED) is 0.667. The molecule has 2 rings (SSSR count). The lowest BCUT2D eigenvalue weighted by Gasteiger charge is -2.40. The summed E-state index contributed by atoms with van der Waals surface area (Å²) in [4.78, 5) is 11.9. The van der Waals surface area contributed by atoms with Crippen molar-refractivity contribution in [3.63, 3.8) is 0 Å². The van der Waals surface area contributed by atoms with Crippen LogP contribution in [0.3, 0.4) is 0 Å². The van der Waals surface area contributed by atoms with Crippen molar-refractivity contribution in [2.75, 3.05) is 19.8 Å². The molecule has 0 aromatic heterocycles. The van der Waals surface area contributed by atoms with Gasteiger partial charge in [-0.2, -0.15) is 0 Å². The first-order valence-electron chi connectivity index (χ1n) is 8.43. The molecule has 2 unspecified atom stereocenters. The fraction of sp³-hybridized carbons (Fsp3) is 0.611. The van der Waals surface area contributed by atoms with Crippen LogP contribution in [0.25, 0.3) is 0 Å². The molecule has 1 fully saturated rings. The zero-order chi connectivity index (χ0) is 16.7. The molecule has 0 aliphatic carbocycles. The van der Waals surface area contributed by atoms with E-state index in [2.05, 4.69) is 41.8 Å². The van der Waals surface area contributed by atoms with Crippen LogP contribution < -0.4 is 16.4 Å². The van der Waals surface area contributed by atoms with Crippen LogP contribution in [0.4, 0.5) is 0 Å². The minimum Gasteiger partial charge on any atom is -0.381 e. The second-order valence-electron chi connectivity index (χ2n) is 6.63. The summed E-state index contributed by atoms with van der Waals surface area (Å²) in [5.41, 5.74) is 6.82. The van der Waals surface area contributed by atoms with Crippen molar-refractivity contribution < 1.29 is 9.53 Å². The molecule has 1 heterocycles. The minimum atomic E-state index is -0.124. The molecule has 4 N–H and O–H groups in total. The molecule has 1 aliphatic rings. The van der Waals surface area contributed by atoms with E-state index in [4.69, 9.17) is 10.5 Å². The Morgan fingerprint density at radius 1 is 1.20 bits per heavy atom. The molecule has 0 spiro atoms. The maximum absolute atomic E-state index is 11.9. The van der Waals surface area contributed by atoms with E-state index in [0.717, 1.165) is 26.1 Å². The number of halogens is 2. The van der Waals surface area contributed by atoms with E-state index < -0.39 is 0 Å². The van der Waals surface area contributed by atoms with Gasteiger partial charge in [0.25, 0.3) is 0 Å². The number of amides is 1. The van der Waals surface area contributed by atoms with Crippen LogP contribution >= 0.6 is 24.8 Å². The molecule has 0 bridgehead atoms. The predicted octanol–water partition coefficient (Wildman–Crippen LogP) is 2.58. The molecule has 2 atom stereocenters. The van der Waals surface area contributed by atoms with Gasteiger partial charge in [-0.1, -0.05) is 30.3 Å². The van der Waals surface area contributed by atoms with Crippen molar-refractivity contribution in [3.05, 3.63) is 35.9 Å². The van der Waals surface area contributed by atoms with E-state index in [-0.39, 0.29) is 48.3 Å². The Balaban J connectivity index is 0.00000288. The number of carbonyl (C=O) groups excluding carboxylic acids is 1. The van der Waals surface area contributed by atoms with E-state index in [1.165, 1.54) is 5.56 Å². The van der Waals surface area contributed by atoms with Gasteiger partial charge in [-0.3, -0.25) is 4.79 Å². The Bertz CT molecular complexity index is 494. The summed E-state index contributed by atoms with van der Waals surface area (Å²) in [6.07, 6.45) is 2.14. The third-order valence-corrected chi connectivity index (χ3v) is 4.40. The molecule has 1 aliphatic heterocycles. The van der Waals surface area contributed by atoms with Gasteiger partial charge in [-0.15, -0.1) is 24.8 Å². The van der Waals surface area contributed by atoms with Gasteiger partial charge in [0.1, 0.15) is 0 Å². The molecule has 5 nitrogen and oxygen atoms in total. The number of rotatable bonds is 7. The Morgan fingerprint density at radius 2 is 1.80 bits per heavy atom. The van der Waals surface area contributed by atoms with Crippen molar-refractivity contribution >= 4 is 30.7 Å². The molecule has 0 saturated carbocycles. The van der Waals surface area contributed by atoms with E-state index in [1.54, 1.807) is 0 Å². The lowest BCUT2D eigenvalue weighted by atomic mass is 9.88. The lowest BCUT2D eigenvalue weighted by molar-refractivity contribution is -0.122. The second-order valence-corrected chi connectivity index (χ2v) is 6.63. The molecule has 1 aromatic rings. The van der Waals surface area contributed by atoms with Gasteiger partial charge < -0.3 is 21.1 Å². The van der Waals surface area contributed by atoms with Crippen LogP contribution in [-0.2, 0) is 9.53 Å². The first-order chi connectivity index (χ1) is 11.0. The maximum Gasteiger partial charge on any atom is 0.221 e. The predicted molar refractivity (Wildman–Crippen MR) is 107 cm³/mol. The Hall–Kier alpha value is -0.850. The second kappa shape index (κ2) is 11.7. The summed E-state index contributed by atoms with van der Waals surface area (Å²) in [6, 6.07) is 10.5. The van der Waals surface area contributed by atoms with Crippen LogP contribution in [-0.4, -0.2) is 37.2 Å². The van der Waals surface area contributed by atoms with Crippen molar-refractivity contribution in [2.45, 2.75) is 50.7 Å². The summed E-state index contributed by atoms with van der Waals surface area (Å²) < 4.78 is 5.51. The zero-order valence-corrected chi connectivity index (χ0v) is 16.6. The third-order valence-electron chi connectivity index (χ3n) is 4.40. The topological polar surface area (TPSA) is 76.4 Å². The van der Waals surface area contributed by atoms with Gasteiger partial charge >= 0.3 is 0 Å². The van der Waals surface area contributed by atoms with E-state index in [9.17, 15) is 4.79 Å². The van der Waals surface area contributed by atoms with Gasteiger partial charge in [0, 0.05) is 43.8 Å². The largest absolute Gasteiger partial charge is 0.381 e. The first kappa shape index (κ1) is 24.1. The molecule has 0 radical (unpaired) electrons. The Morgan fingerprint density at radius 3 is 2.36 bits per heavy atom. The average Bonchev–Trinajstić information content (AvgIpc) is 2.54. The Kier molecular flexibility index (Phi) is 11.3. The molecule has 25 heavy (non-hydrogen) atoms. The van der Waals surface area contributed by atoms with E-state index in [0.29, 0.717) is 13.0 Å². The number of benzene rings is 1. The number of nitrogens with two attached hydrogens (primary N) is 1. The van der Waals surface area contributed by atoms with Gasteiger partial charge in [0.15, 0.2) is 0 Å². The van der Waals surface area contributed by atoms with Crippen LogP contribution in [0.5, 0.6) is 0 Å². The van der Waals surface area contributed by atoms with Gasteiger partial charge in [0.2, 0.25) is 5.91 Å². The molecule has 1 saturated heterocycles. The highest BCUT2D eigenvalue weighted by atomic mass is 35.5. The van der Waals surface area contributed by atoms with Crippen LogP contribution in [0.2, 0.25) is 0 Å². The summed E-state index contributed by atoms with van der Waals surface area (Å²) in [7, 11) is 0. The van der Waals surface area contributed by atoms with Crippen LogP contribution in [0.1, 0.15) is 44.7 Å². The number of carbonyl (C=O) groups is 1.